The van der Waals surface area contributed by atoms with E-state index in [2.05, 4.69) is 25.8 Å². The van der Waals surface area contributed by atoms with Crippen molar-refractivity contribution in [2.75, 3.05) is 28.2 Å². The Labute approximate surface area is 186 Å². The minimum atomic E-state index is -0.121. The van der Waals surface area contributed by atoms with Crippen LogP contribution in [0.3, 0.4) is 0 Å². The predicted octanol–water partition coefficient (Wildman–Crippen LogP) is 4.47. The van der Waals surface area contributed by atoms with Crippen molar-refractivity contribution in [1.29, 1.82) is 0 Å². The molecule has 1 aromatic carbocycles. The van der Waals surface area contributed by atoms with Gasteiger partial charge in [-0.3, -0.25) is 14.6 Å². The first-order valence-electron chi connectivity index (χ1n) is 10.3. The molecule has 2 amide bonds. The maximum Gasteiger partial charge on any atom is 0.271 e. The summed E-state index contributed by atoms with van der Waals surface area (Å²) < 4.78 is 0. The molecule has 0 aliphatic rings. The van der Waals surface area contributed by atoms with Gasteiger partial charge in [0.15, 0.2) is 0 Å². The molecule has 170 valence electrons. The Bertz CT molecular complexity index is 903. The standard InChI is InChI=1S/C13H19NO2.C12H18N2O/c1-13(2,3)10-7-6-9(8-11(10)15)12(16)14(4)5;1-12(2,3)9-6-7-10(13-8-9)11(15)14(4)5/h6-8,15H,1-5H3;6-8H,1-5H3. The molecule has 0 atom stereocenters. The van der Waals surface area contributed by atoms with E-state index in [-0.39, 0.29) is 28.4 Å². The molecular formula is C25H37N3O3. The fraction of sp³-hybridized carbons (Fsp3) is 0.480. The lowest BCUT2D eigenvalue weighted by Crippen LogP contribution is -2.23. The summed E-state index contributed by atoms with van der Waals surface area (Å²) in [5, 5.41) is 9.89. The number of amides is 2. The summed E-state index contributed by atoms with van der Waals surface area (Å²) in [6.45, 7) is 12.4. The fourth-order valence-corrected chi connectivity index (χ4v) is 2.75. The first-order valence-corrected chi connectivity index (χ1v) is 10.3. The van der Waals surface area contributed by atoms with Gasteiger partial charge in [0.25, 0.3) is 11.8 Å². The van der Waals surface area contributed by atoms with Crippen LogP contribution in [0.5, 0.6) is 5.75 Å². The Morgan fingerprint density at radius 1 is 0.806 bits per heavy atom. The Balaban J connectivity index is 0.000000311. The lowest BCUT2D eigenvalue weighted by Gasteiger charge is -2.21. The van der Waals surface area contributed by atoms with E-state index in [0.29, 0.717) is 11.3 Å². The highest BCUT2D eigenvalue weighted by Crippen LogP contribution is 2.31. The smallest absolute Gasteiger partial charge is 0.271 e. The number of benzene rings is 1. The minimum absolute atomic E-state index is 0.0598. The maximum atomic E-state index is 11.7. The van der Waals surface area contributed by atoms with Gasteiger partial charge in [0.2, 0.25) is 0 Å². The fourth-order valence-electron chi connectivity index (χ4n) is 2.75. The normalized spacial score (nSPS) is 11.3. The summed E-state index contributed by atoms with van der Waals surface area (Å²) in [6, 6.07) is 8.84. The van der Waals surface area contributed by atoms with Crippen molar-refractivity contribution in [2.24, 2.45) is 0 Å². The Kier molecular flexibility index (Phi) is 8.39. The van der Waals surface area contributed by atoms with Gasteiger partial charge in [0.05, 0.1) is 0 Å². The molecule has 0 aliphatic carbocycles. The molecule has 0 radical (unpaired) electrons. The number of hydrogen-bond donors (Lipinski definition) is 1. The van der Waals surface area contributed by atoms with Crippen LogP contribution in [0.25, 0.3) is 0 Å². The van der Waals surface area contributed by atoms with E-state index < -0.39 is 0 Å². The van der Waals surface area contributed by atoms with Crippen LogP contribution < -0.4 is 0 Å². The molecule has 0 fully saturated rings. The third-order valence-corrected chi connectivity index (χ3v) is 4.71. The van der Waals surface area contributed by atoms with Crippen LogP contribution in [0, 0.1) is 0 Å². The number of nitrogens with zero attached hydrogens (tertiary/aromatic N) is 3. The van der Waals surface area contributed by atoms with Crippen LogP contribution in [-0.2, 0) is 10.8 Å². The second-order valence-corrected chi connectivity index (χ2v) is 10.1. The SMILES string of the molecule is CN(C)C(=O)c1ccc(C(C)(C)C)c(O)c1.CN(C)C(=O)c1ccc(C(C)(C)C)cn1. The zero-order valence-corrected chi connectivity index (χ0v) is 20.6. The molecule has 31 heavy (non-hydrogen) atoms. The number of carbonyl (C=O) groups is 2. The van der Waals surface area contributed by atoms with E-state index in [1.54, 1.807) is 46.5 Å². The van der Waals surface area contributed by atoms with Crippen molar-refractivity contribution in [3.8, 4) is 5.75 Å². The molecule has 1 heterocycles. The number of aromatic hydroxyl groups is 1. The second kappa shape index (κ2) is 9.94. The van der Waals surface area contributed by atoms with Gasteiger partial charge in [-0.15, -0.1) is 0 Å². The van der Waals surface area contributed by atoms with Crippen LogP contribution in [0.4, 0.5) is 0 Å². The lowest BCUT2D eigenvalue weighted by molar-refractivity contribution is 0.0817. The van der Waals surface area contributed by atoms with Crippen LogP contribution >= 0.6 is 0 Å². The predicted molar refractivity (Wildman–Crippen MR) is 126 cm³/mol. The minimum Gasteiger partial charge on any atom is -0.508 e. The molecule has 2 aromatic rings. The van der Waals surface area contributed by atoms with Crippen molar-refractivity contribution in [2.45, 2.75) is 52.4 Å². The molecule has 0 spiro atoms. The highest BCUT2D eigenvalue weighted by atomic mass is 16.3. The number of phenolic OH excluding ortho intramolecular Hbond substituents is 1. The number of aromatic nitrogens is 1. The van der Waals surface area contributed by atoms with Gasteiger partial charge >= 0.3 is 0 Å². The summed E-state index contributed by atoms with van der Waals surface area (Å²) in [7, 11) is 6.83. The third-order valence-electron chi connectivity index (χ3n) is 4.71. The van der Waals surface area contributed by atoms with Crippen LogP contribution in [0.1, 0.15) is 73.5 Å². The topological polar surface area (TPSA) is 73.7 Å². The van der Waals surface area contributed by atoms with Gasteiger partial charge < -0.3 is 14.9 Å². The number of carbonyl (C=O) groups excluding carboxylic acids is 2. The van der Waals surface area contributed by atoms with Gasteiger partial charge in [0.1, 0.15) is 11.4 Å². The van der Waals surface area contributed by atoms with Crippen LogP contribution in [0.15, 0.2) is 36.5 Å². The van der Waals surface area contributed by atoms with Gasteiger partial charge in [-0.05, 0) is 40.2 Å². The number of pyridine rings is 1. The van der Waals surface area contributed by atoms with E-state index in [0.717, 1.165) is 11.1 Å². The van der Waals surface area contributed by atoms with Crippen LogP contribution in [-0.4, -0.2) is 59.9 Å². The zero-order valence-electron chi connectivity index (χ0n) is 20.6. The average molecular weight is 428 g/mol. The summed E-state index contributed by atoms with van der Waals surface area (Å²) in [6.07, 6.45) is 1.77. The zero-order chi connectivity index (χ0) is 24.1. The van der Waals surface area contributed by atoms with Gasteiger partial charge in [-0.2, -0.15) is 0 Å². The van der Waals surface area contributed by atoms with Gasteiger partial charge in [-0.25, -0.2) is 0 Å². The van der Waals surface area contributed by atoms with Crippen molar-refractivity contribution in [3.63, 3.8) is 0 Å². The molecule has 0 unspecified atom stereocenters. The molecular weight excluding hydrogens is 390 g/mol. The third kappa shape index (κ3) is 7.39. The van der Waals surface area contributed by atoms with Crippen LogP contribution in [0.2, 0.25) is 0 Å². The maximum absolute atomic E-state index is 11.7. The molecule has 1 aromatic heterocycles. The molecule has 6 nitrogen and oxygen atoms in total. The van der Waals surface area contributed by atoms with E-state index in [4.69, 9.17) is 0 Å². The Morgan fingerprint density at radius 2 is 1.35 bits per heavy atom. The summed E-state index contributed by atoms with van der Waals surface area (Å²) >= 11 is 0. The summed E-state index contributed by atoms with van der Waals surface area (Å²) in [5.74, 6) is 0.0198. The first kappa shape index (κ1) is 26.1. The Morgan fingerprint density at radius 3 is 1.71 bits per heavy atom. The monoisotopic (exact) mass is 427 g/mol. The summed E-state index contributed by atoms with van der Waals surface area (Å²) in [5.41, 5.74) is 2.94. The quantitative estimate of drug-likeness (QED) is 0.767. The molecule has 0 bridgehead atoms. The number of hydrogen-bond acceptors (Lipinski definition) is 4. The molecule has 0 aliphatic heterocycles. The molecule has 1 N–H and O–H groups in total. The van der Waals surface area contributed by atoms with Gasteiger partial charge in [0, 0.05) is 40.0 Å². The van der Waals surface area contributed by atoms with Crippen molar-refractivity contribution in [3.05, 3.63) is 58.9 Å². The summed E-state index contributed by atoms with van der Waals surface area (Å²) in [4.78, 5) is 30.4. The number of rotatable bonds is 2. The molecule has 2 rings (SSSR count). The van der Waals surface area contributed by atoms with E-state index in [9.17, 15) is 14.7 Å². The Hall–Kier alpha value is -2.89. The largest absolute Gasteiger partial charge is 0.508 e. The van der Waals surface area contributed by atoms with Crippen molar-refractivity contribution in [1.82, 2.24) is 14.8 Å². The molecule has 0 saturated heterocycles. The van der Waals surface area contributed by atoms with E-state index in [1.807, 2.05) is 32.9 Å². The van der Waals surface area contributed by atoms with E-state index >= 15 is 0 Å². The first-order chi connectivity index (χ1) is 14.1. The average Bonchev–Trinajstić information content (AvgIpc) is 2.65. The van der Waals surface area contributed by atoms with Crippen molar-refractivity contribution < 1.29 is 14.7 Å². The highest BCUT2D eigenvalue weighted by molar-refractivity contribution is 5.94. The molecule has 0 saturated carbocycles. The van der Waals surface area contributed by atoms with E-state index in [1.165, 1.54) is 15.9 Å². The highest BCUT2D eigenvalue weighted by Gasteiger charge is 2.19. The molecule has 6 heteroatoms. The number of phenols is 1. The second-order valence-electron chi connectivity index (χ2n) is 10.1. The lowest BCUT2D eigenvalue weighted by atomic mass is 9.86. The van der Waals surface area contributed by atoms with Gasteiger partial charge in [-0.1, -0.05) is 53.7 Å². The van der Waals surface area contributed by atoms with Crippen molar-refractivity contribution >= 4 is 11.8 Å².